The zero-order chi connectivity index (χ0) is 23.5. The molecule has 0 radical (unpaired) electrons. The van der Waals surface area contributed by atoms with Gasteiger partial charge < -0.3 is 5.32 Å². The van der Waals surface area contributed by atoms with Crippen LogP contribution in [0.25, 0.3) is 0 Å². The van der Waals surface area contributed by atoms with E-state index < -0.39 is 0 Å². The van der Waals surface area contributed by atoms with Crippen molar-refractivity contribution in [1.29, 1.82) is 0 Å². The lowest BCUT2D eigenvalue weighted by Crippen LogP contribution is -2.42. The van der Waals surface area contributed by atoms with Crippen molar-refractivity contribution in [2.24, 2.45) is 0 Å². The average molecular weight is 446 g/mol. The Morgan fingerprint density at radius 1 is 0.697 bits per heavy atom. The van der Waals surface area contributed by atoms with Gasteiger partial charge in [-0.15, -0.1) is 0 Å². The van der Waals surface area contributed by atoms with Gasteiger partial charge in [0, 0.05) is 50.8 Å². The zero-order valence-corrected chi connectivity index (χ0v) is 20.7. The molecule has 0 aliphatic rings. The molecule has 0 bridgehead atoms. The third-order valence-corrected chi connectivity index (χ3v) is 6.46. The average Bonchev–Trinajstić information content (AvgIpc) is 2.87. The van der Waals surface area contributed by atoms with E-state index in [0.29, 0.717) is 6.04 Å². The maximum atomic E-state index is 4.75. The van der Waals surface area contributed by atoms with E-state index in [0.717, 1.165) is 57.6 Å². The third-order valence-electron chi connectivity index (χ3n) is 6.46. The molecule has 0 amide bonds. The smallest absolute Gasteiger partial charge is 0.0575 e. The highest BCUT2D eigenvalue weighted by atomic mass is 15.2. The molecule has 0 saturated carbocycles. The highest BCUT2D eigenvalue weighted by molar-refractivity contribution is 5.22. The molecule has 3 rings (SSSR count). The van der Waals surface area contributed by atoms with E-state index in [4.69, 9.17) is 9.97 Å². The lowest BCUT2D eigenvalue weighted by Gasteiger charge is -2.32. The van der Waals surface area contributed by atoms with Gasteiger partial charge in [-0.05, 0) is 60.6 Å². The van der Waals surface area contributed by atoms with Crippen LogP contribution >= 0.6 is 0 Å². The van der Waals surface area contributed by atoms with Crippen molar-refractivity contribution >= 4 is 0 Å². The Kier molecular flexibility index (Phi) is 9.98. The number of pyridine rings is 3. The zero-order valence-electron chi connectivity index (χ0n) is 20.7. The number of rotatable bonds is 13. The van der Waals surface area contributed by atoms with Crippen molar-refractivity contribution in [3.63, 3.8) is 0 Å². The number of hydrogen-bond acceptors (Lipinski definition) is 5. The van der Waals surface area contributed by atoms with E-state index in [1.807, 2.05) is 36.8 Å². The molecule has 0 aliphatic carbocycles. The number of aromatic nitrogens is 3. The van der Waals surface area contributed by atoms with Crippen molar-refractivity contribution in [1.82, 2.24) is 25.2 Å². The molecule has 0 fully saturated rings. The van der Waals surface area contributed by atoms with Crippen LogP contribution in [-0.2, 0) is 38.9 Å². The Balaban J connectivity index is 1.79. The van der Waals surface area contributed by atoms with E-state index in [2.05, 4.69) is 61.1 Å². The predicted molar refractivity (Wildman–Crippen MR) is 136 cm³/mol. The number of aryl methyl sites for hydroxylation is 3. The first kappa shape index (κ1) is 25.0. The molecule has 5 nitrogen and oxygen atoms in total. The van der Waals surface area contributed by atoms with Gasteiger partial charge in [-0.25, -0.2) is 0 Å². The van der Waals surface area contributed by atoms with E-state index >= 15 is 0 Å². The third kappa shape index (κ3) is 6.92. The maximum absolute atomic E-state index is 4.75. The van der Waals surface area contributed by atoms with Crippen molar-refractivity contribution in [2.75, 3.05) is 6.54 Å². The number of nitrogens with zero attached hydrogens (tertiary/aromatic N) is 4. The second kappa shape index (κ2) is 13.2. The molecule has 0 saturated heterocycles. The van der Waals surface area contributed by atoms with Crippen LogP contribution in [0, 0.1) is 0 Å². The molecule has 3 aromatic rings. The van der Waals surface area contributed by atoms with Gasteiger partial charge in [0.2, 0.25) is 0 Å². The minimum absolute atomic E-state index is 0.372. The van der Waals surface area contributed by atoms with Crippen molar-refractivity contribution in [3.05, 3.63) is 88.8 Å². The van der Waals surface area contributed by atoms with Gasteiger partial charge in [-0.3, -0.25) is 19.9 Å². The summed E-state index contributed by atoms with van der Waals surface area (Å²) >= 11 is 0. The quantitative estimate of drug-likeness (QED) is 0.395. The Morgan fingerprint density at radius 3 is 1.61 bits per heavy atom. The van der Waals surface area contributed by atoms with Crippen molar-refractivity contribution in [3.8, 4) is 0 Å². The lowest BCUT2D eigenvalue weighted by atomic mass is 10.1. The molecular weight excluding hydrogens is 406 g/mol. The summed E-state index contributed by atoms with van der Waals surface area (Å²) in [7, 11) is 0. The highest BCUT2D eigenvalue weighted by Gasteiger charge is 2.21. The van der Waals surface area contributed by atoms with Crippen molar-refractivity contribution < 1.29 is 0 Å². The minimum Gasteiger partial charge on any atom is -0.310 e. The molecule has 5 heteroatoms. The van der Waals surface area contributed by atoms with Gasteiger partial charge >= 0.3 is 0 Å². The van der Waals surface area contributed by atoms with E-state index in [1.54, 1.807) is 0 Å². The van der Waals surface area contributed by atoms with Gasteiger partial charge in [0.15, 0.2) is 0 Å². The molecular formula is C28H39N5. The maximum Gasteiger partial charge on any atom is 0.0575 e. The molecule has 1 N–H and O–H groups in total. The Bertz CT molecular complexity index is 938. The molecule has 1 atom stereocenters. The van der Waals surface area contributed by atoms with Crippen LogP contribution in [0.1, 0.15) is 67.9 Å². The van der Waals surface area contributed by atoms with Crippen LogP contribution < -0.4 is 5.32 Å². The molecule has 1 unspecified atom stereocenters. The molecule has 0 aliphatic heterocycles. The lowest BCUT2D eigenvalue weighted by molar-refractivity contribution is 0.163. The highest BCUT2D eigenvalue weighted by Crippen LogP contribution is 2.18. The summed E-state index contributed by atoms with van der Waals surface area (Å²) in [5.41, 5.74) is 7.46. The fraction of sp³-hybridized carbons (Fsp3) is 0.464. The number of nitrogens with one attached hydrogen (secondary N) is 1. The van der Waals surface area contributed by atoms with Gasteiger partial charge in [0.25, 0.3) is 0 Å². The summed E-state index contributed by atoms with van der Waals surface area (Å²) < 4.78 is 0. The van der Waals surface area contributed by atoms with Crippen LogP contribution in [0.4, 0.5) is 0 Å². The Labute approximate surface area is 199 Å². The second-order valence-corrected chi connectivity index (χ2v) is 8.49. The summed E-state index contributed by atoms with van der Waals surface area (Å²) in [4.78, 5) is 16.6. The fourth-order valence-electron chi connectivity index (χ4n) is 4.41. The first-order valence-corrected chi connectivity index (χ1v) is 12.4. The fourth-order valence-corrected chi connectivity index (χ4v) is 4.41. The standard InChI is InChI=1S/C28H39N5/c1-5-22-12-9-15-30-26(22)19-29-18-25(8-4)33(20-27-23(6-2)13-10-16-31-27)21-28-24(7-3)14-11-17-32-28/h9-17,25,29H,5-8,18-21H2,1-4H3. The topological polar surface area (TPSA) is 53.9 Å². The largest absolute Gasteiger partial charge is 0.310 e. The first-order chi connectivity index (χ1) is 16.2. The molecule has 0 spiro atoms. The monoisotopic (exact) mass is 445 g/mol. The summed E-state index contributed by atoms with van der Waals surface area (Å²) in [5, 5.41) is 3.69. The second-order valence-electron chi connectivity index (χ2n) is 8.49. The molecule has 0 aromatic carbocycles. The summed E-state index contributed by atoms with van der Waals surface area (Å²) in [5.74, 6) is 0. The minimum atomic E-state index is 0.372. The molecule has 33 heavy (non-hydrogen) atoms. The summed E-state index contributed by atoms with van der Waals surface area (Å²) in [6.07, 6.45) is 9.77. The number of hydrogen-bond donors (Lipinski definition) is 1. The Hall–Kier alpha value is -2.63. The van der Waals surface area contributed by atoms with E-state index in [9.17, 15) is 0 Å². The van der Waals surface area contributed by atoms with Crippen LogP contribution in [-0.4, -0.2) is 32.4 Å². The Morgan fingerprint density at radius 2 is 1.15 bits per heavy atom. The van der Waals surface area contributed by atoms with E-state index in [-0.39, 0.29) is 0 Å². The van der Waals surface area contributed by atoms with Gasteiger partial charge in [-0.2, -0.15) is 0 Å². The van der Waals surface area contributed by atoms with E-state index in [1.165, 1.54) is 28.1 Å². The molecule has 3 heterocycles. The summed E-state index contributed by atoms with van der Waals surface area (Å²) in [6, 6.07) is 13.0. The van der Waals surface area contributed by atoms with Gasteiger partial charge in [0.1, 0.15) is 0 Å². The normalized spacial score (nSPS) is 12.3. The van der Waals surface area contributed by atoms with Crippen LogP contribution in [0.2, 0.25) is 0 Å². The first-order valence-electron chi connectivity index (χ1n) is 12.4. The summed E-state index contributed by atoms with van der Waals surface area (Å²) in [6.45, 7) is 12.2. The predicted octanol–water partition coefficient (Wildman–Crippen LogP) is 5.13. The van der Waals surface area contributed by atoms with Gasteiger partial charge in [0.05, 0.1) is 17.1 Å². The molecule has 3 aromatic heterocycles. The van der Waals surface area contributed by atoms with Gasteiger partial charge in [-0.1, -0.05) is 45.9 Å². The van der Waals surface area contributed by atoms with Crippen LogP contribution in [0.15, 0.2) is 55.0 Å². The van der Waals surface area contributed by atoms with Crippen molar-refractivity contribution in [2.45, 2.75) is 79.1 Å². The van der Waals surface area contributed by atoms with Crippen LogP contribution in [0.3, 0.4) is 0 Å². The SMILES string of the molecule is CCc1cccnc1CNCC(CC)N(Cc1ncccc1CC)Cc1ncccc1CC. The van der Waals surface area contributed by atoms with Crippen LogP contribution in [0.5, 0.6) is 0 Å². The molecule has 176 valence electrons.